The van der Waals surface area contributed by atoms with Gasteiger partial charge in [-0.05, 0) is 18.9 Å². The first kappa shape index (κ1) is 19.4. The van der Waals surface area contributed by atoms with Crippen molar-refractivity contribution in [1.29, 1.82) is 0 Å². The Hall–Kier alpha value is -2.89. The molecule has 12 heteroatoms. The maximum absolute atomic E-state index is 13.2. The van der Waals surface area contributed by atoms with Gasteiger partial charge in [-0.1, -0.05) is 11.3 Å². The van der Waals surface area contributed by atoms with Gasteiger partial charge in [-0.2, -0.15) is 13.2 Å². The van der Waals surface area contributed by atoms with Crippen LogP contribution < -0.4 is 16.0 Å². The Balaban J connectivity index is 1.66. The molecule has 1 aliphatic heterocycles. The molecule has 3 aromatic heterocycles. The van der Waals surface area contributed by atoms with E-state index in [-0.39, 0.29) is 17.5 Å². The highest BCUT2D eigenvalue weighted by atomic mass is 32.1. The molecule has 1 fully saturated rings. The molecule has 0 bridgehead atoms. The molecule has 0 spiro atoms. The van der Waals surface area contributed by atoms with E-state index in [1.54, 1.807) is 0 Å². The van der Waals surface area contributed by atoms with Crippen LogP contribution in [0.5, 0.6) is 0 Å². The van der Waals surface area contributed by atoms with Gasteiger partial charge in [-0.3, -0.25) is 4.79 Å². The van der Waals surface area contributed by atoms with E-state index in [2.05, 4.69) is 25.3 Å². The van der Waals surface area contributed by atoms with Crippen molar-refractivity contribution < 1.29 is 18.0 Å². The minimum atomic E-state index is -4.60. The number of anilines is 2. The highest BCUT2D eigenvalue weighted by Crippen LogP contribution is 2.36. The van der Waals surface area contributed by atoms with Crippen molar-refractivity contribution in [2.24, 2.45) is 0 Å². The number of piperidine rings is 1. The van der Waals surface area contributed by atoms with Crippen molar-refractivity contribution >= 4 is 33.2 Å². The number of carbonyl (C=O) groups excluding carboxylic acids is 1. The Bertz CT molecular complexity index is 1060. The summed E-state index contributed by atoms with van der Waals surface area (Å²) in [5.74, 6) is -0.650. The molecule has 3 aromatic rings. The fourth-order valence-electron chi connectivity index (χ4n) is 3.41. The van der Waals surface area contributed by atoms with Crippen molar-refractivity contribution in [3.8, 4) is 11.3 Å². The van der Waals surface area contributed by atoms with Gasteiger partial charge in [0.2, 0.25) is 16.0 Å². The Morgan fingerprint density at radius 2 is 2.14 bits per heavy atom. The maximum atomic E-state index is 13.2. The zero-order valence-corrected chi connectivity index (χ0v) is 16.2. The van der Waals surface area contributed by atoms with E-state index in [4.69, 9.17) is 5.73 Å². The number of nitrogens with zero attached hydrogens (tertiary/aromatic N) is 5. The number of rotatable bonds is 3. The van der Waals surface area contributed by atoms with Crippen molar-refractivity contribution in [3.63, 3.8) is 0 Å². The third-order valence-electron chi connectivity index (χ3n) is 4.69. The minimum absolute atomic E-state index is 0.0348. The first-order valence-corrected chi connectivity index (χ1v) is 9.73. The number of imidazole rings is 1. The van der Waals surface area contributed by atoms with Crippen LogP contribution in [0.3, 0.4) is 0 Å². The molecule has 8 nitrogen and oxygen atoms in total. The molecule has 1 unspecified atom stereocenters. The molecule has 4 heterocycles. The lowest BCUT2D eigenvalue weighted by molar-refractivity contribution is -0.137. The molecule has 1 saturated heterocycles. The summed E-state index contributed by atoms with van der Waals surface area (Å²) in [6.07, 6.45) is -0.0681. The summed E-state index contributed by atoms with van der Waals surface area (Å²) in [6.45, 7) is 2.88. The van der Waals surface area contributed by atoms with Crippen molar-refractivity contribution in [2.45, 2.75) is 32.0 Å². The van der Waals surface area contributed by atoms with Crippen molar-refractivity contribution in [2.75, 3.05) is 23.7 Å². The van der Waals surface area contributed by atoms with Crippen LogP contribution in [0.4, 0.5) is 24.1 Å². The van der Waals surface area contributed by atoms with Crippen LogP contribution in [0.2, 0.25) is 0 Å². The number of halogens is 3. The maximum Gasteiger partial charge on any atom is 0.419 e. The summed E-state index contributed by atoms with van der Waals surface area (Å²) in [5.41, 5.74) is 5.02. The van der Waals surface area contributed by atoms with E-state index in [1.807, 2.05) is 0 Å². The number of nitrogens with two attached hydrogens (primary N) is 1. The summed E-state index contributed by atoms with van der Waals surface area (Å²) in [4.78, 5) is 21.9. The molecule has 0 aromatic carbocycles. The second-order valence-electron chi connectivity index (χ2n) is 6.86. The topological polar surface area (TPSA) is 101 Å². The summed E-state index contributed by atoms with van der Waals surface area (Å²) < 4.78 is 41.0. The number of hydrogen-bond donors (Lipinski definition) is 2. The Kier molecular flexibility index (Phi) is 4.81. The van der Waals surface area contributed by atoms with Gasteiger partial charge in [0, 0.05) is 37.8 Å². The van der Waals surface area contributed by atoms with Crippen molar-refractivity contribution in [3.05, 3.63) is 24.0 Å². The lowest BCUT2D eigenvalue weighted by atomic mass is 10.1. The fourth-order valence-corrected chi connectivity index (χ4v) is 4.32. The summed E-state index contributed by atoms with van der Waals surface area (Å²) in [6, 6.07) is 0.992. The minimum Gasteiger partial charge on any atom is -0.383 e. The second kappa shape index (κ2) is 7.17. The summed E-state index contributed by atoms with van der Waals surface area (Å²) in [5, 5.41) is 8.16. The first-order chi connectivity index (χ1) is 13.7. The zero-order chi connectivity index (χ0) is 20.8. The van der Waals surface area contributed by atoms with Gasteiger partial charge in [-0.15, -0.1) is 5.10 Å². The van der Waals surface area contributed by atoms with Crippen LogP contribution >= 0.6 is 11.3 Å². The predicted molar refractivity (Wildman–Crippen MR) is 103 cm³/mol. The largest absolute Gasteiger partial charge is 0.419 e. The van der Waals surface area contributed by atoms with Gasteiger partial charge in [-0.25, -0.2) is 14.5 Å². The first-order valence-electron chi connectivity index (χ1n) is 8.92. The lowest BCUT2D eigenvalue weighted by Gasteiger charge is -2.32. The van der Waals surface area contributed by atoms with E-state index < -0.39 is 17.6 Å². The number of aromatic nitrogens is 4. The second-order valence-corrected chi connectivity index (χ2v) is 7.80. The van der Waals surface area contributed by atoms with Crippen LogP contribution in [0.15, 0.2) is 18.5 Å². The molecule has 3 N–H and O–H groups in total. The van der Waals surface area contributed by atoms with Gasteiger partial charge in [0.25, 0.3) is 0 Å². The number of alkyl halides is 3. The molecule has 1 atom stereocenters. The zero-order valence-electron chi connectivity index (χ0n) is 15.4. The highest BCUT2D eigenvalue weighted by molar-refractivity contribution is 7.20. The van der Waals surface area contributed by atoms with Crippen LogP contribution in [0.25, 0.3) is 16.2 Å². The van der Waals surface area contributed by atoms with Crippen LogP contribution in [-0.4, -0.2) is 44.6 Å². The number of pyridine rings is 1. The molecule has 1 aliphatic rings. The molecule has 29 heavy (non-hydrogen) atoms. The van der Waals surface area contributed by atoms with Crippen LogP contribution in [0.1, 0.15) is 25.3 Å². The average molecular weight is 425 g/mol. The quantitative estimate of drug-likeness (QED) is 0.669. The normalized spacial score (nSPS) is 17.7. The van der Waals surface area contributed by atoms with Crippen LogP contribution in [0, 0.1) is 0 Å². The van der Waals surface area contributed by atoms with Gasteiger partial charge >= 0.3 is 6.18 Å². The van der Waals surface area contributed by atoms with E-state index in [9.17, 15) is 18.0 Å². The Morgan fingerprint density at radius 1 is 1.34 bits per heavy atom. The van der Waals surface area contributed by atoms with E-state index in [0.717, 1.165) is 25.5 Å². The van der Waals surface area contributed by atoms with E-state index >= 15 is 0 Å². The van der Waals surface area contributed by atoms with Gasteiger partial charge in [0.1, 0.15) is 5.82 Å². The average Bonchev–Trinajstić information content (AvgIpc) is 3.22. The SMILES string of the molecule is CC(=O)NC1CCCN(c2nn3c(-c4cnc(N)c(C(F)(F)F)c4)cnc3s2)C1. The van der Waals surface area contributed by atoms with E-state index in [1.165, 1.54) is 35.2 Å². The summed E-state index contributed by atoms with van der Waals surface area (Å²) in [7, 11) is 0. The van der Waals surface area contributed by atoms with E-state index in [0.29, 0.717) is 22.3 Å². The third kappa shape index (κ3) is 3.84. The lowest BCUT2D eigenvalue weighted by Crippen LogP contribution is -2.47. The third-order valence-corrected chi connectivity index (χ3v) is 5.68. The number of amides is 1. The predicted octanol–water partition coefficient (Wildman–Crippen LogP) is 2.56. The number of nitrogens with one attached hydrogen (secondary N) is 1. The molecular formula is C17H18F3N7OS. The van der Waals surface area contributed by atoms with Gasteiger partial charge < -0.3 is 16.0 Å². The summed E-state index contributed by atoms with van der Waals surface area (Å²) >= 11 is 1.34. The molecule has 0 saturated carbocycles. The standard InChI is InChI=1S/C17H18F3N7OS/c1-9(28)24-11-3-2-4-26(8-11)16-25-27-13(7-23-15(27)29-16)10-5-12(17(18,19)20)14(21)22-6-10/h5-7,11H,2-4,8H2,1H3,(H2,21,22)(H,24,28). The number of carbonyl (C=O) groups is 1. The molecule has 154 valence electrons. The van der Waals surface area contributed by atoms with Gasteiger partial charge in [0.05, 0.1) is 17.5 Å². The monoisotopic (exact) mass is 425 g/mol. The molecule has 4 rings (SSSR count). The molecule has 1 amide bonds. The Morgan fingerprint density at radius 3 is 2.86 bits per heavy atom. The number of nitrogen functional groups attached to an aromatic ring is 1. The smallest absolute Gasteiger partial charge is 0.383 e. The van der Waals surface area contributed by atoms with Gasteiger partial charge in [0.15, 0.2) is 0 Å². The number of fused-ring (bicyclic) bond motifs is 1. The van der Waals surface area contributed by atoms with Crippen molar-refractivity contribution in [1.82, 2.24) is 24.9 Å². The number of hydrogen-bond acceptors (Lipinski definition) is 7. The fraction of sp³-hybridized carbons (Fsp3) is 0.412. The Labute approximate surface area is 167 Å². The molecule has 0 aliphatic carbocycles. The highest BCUT2D eigenvalue weighted by Gasteiger charge is 2.34. The molecular weight excluding hydrogens is 407 g/mol. The van der Waals surface area contributed by atoms with Crippen LogP contribution in [-0.2, 0) is 11.0 Å². The molecule has 0 radical (unpaired) electrons.